The minimum atomic E-state index is -0.508. The highest BCUT2D eigenvalue weighted by atomic mass is 32.2. The summed E-state index contributed by atoms with van der Waals surface area (Å²) in [4.78, 5) is 0. The van der Waals surface area contributed by atoms with Gasteiger partial charge in [-0.3, -0.25) is 0 Å². The first-order chi connectivity index (χ1) is 9.79. The van der Waals surface area contributed by atoms with Crippen molar-refractivity contribution in [1.82, 2.24) is 20.6 Å². The molecule has 0 aliphatic carbocycles. The third-order valence-corrected chi connectivity index (χ3v) is 5.36. The minimum Gasteiger partial charge on any atom is -0.376 e. The van der Waals surface area contributed by atoms with Crippen molar-refractivity contribution < 1.29 is 4.74 Å². The smallest absolute Gasteiger partial charge is 0.232 e. The SMILES string of the molecule is SC(Sc1nn[nH]n1)(c1ccccc1)C1CCCCO1. The molecule has 1 aliphatic heterocycles. The van der Waals surface area contributed by atoms with Gasteiger partial charge in [-0.1, -0.05) is 42.1 Å². The molecule has 2 unspecified atom stereocenters. The van der Waals surface area contributed by atoms with Crippen molar-refractivity contribution >= 4 is 24.4 Å². The Hall–Kier alpha value is -1.05. The third kappa shape index (κ3) is 2.84. The summed E-state index contributed by atoms with van der Waals surface area (Å²) in [5.41, 5.74) is 1.10. The zero-order chi connectivity index (χ0) is 13.8. The first-order valence-corrected chi connectivity index (χ1v) is 7.87. The average molecular weight is 308 g/mol. The third-order valence-electron chi connectivity index (χ3n) is 3.38. The lowest BCUT2D eigenvalue weighted by Crippen LogP contribution is -2.36. The molecule has 3 rings (SSSR count). The maximum Gasteiger partial charge on any atom is 0.232 e. The van der Waals surface area contributed by atoms with Crippen LogP contribution in [0.4, 0.5) is 0 Å². The molecule has 2 aromatic rings. The summed E-state index contributed by atoms with van der Waals surface area (Å²) in [5, 5.41) is 14.7. The fourth-order valence-corrected chi connectivity index (χ4v) is 3.99. The van der Waals surface area contributed by atoms with E-state index in [0.717, 1.165) is 31.4 Å². The Kier molecular flexibility index (Phi) is 4.28. The molecule has 1 aliphatic rings. The number of nitrogens with one attached hydrogen (secondary N) is 1. The van der Waals surface area contributed by atoms with Crippen LogP contribution in [-0.4, -0.2) is 33.3 Å². The molecular formula is C13H16N4OS2. The predicted molar refractivity (Wildman–Crippen MR) is 80.7 cm³/mol. The Bertz CT molecular complexity index is 531. The number of rotatable bonds is 4. The van der Waals surface area contributed by atoms with Gasteiger partial charge in [0.2, 0.25) is 5.16 Å². The van der Waals surface area contributed by atoms with Gasteiger partial charge in [-0.25, -0.2) is 0 Å². The Morgan fingerprint density at radius 1 is 1.30 bits per heavy atom. The Morgan fingerprint density at radius 3 is 2.80 bits per heavy atom. The van der Waals surface area contributed by atoms with E-state index in [1.165, 1.54) is 11.8 Å². The molecule has 1 fully saturated rings. The van der Waals surface area contributed by atoms with Gasteiger partial charge in [-0.2, -0.15) is 17.8 Å². The number of benzene rings is 1. The fraction of sp³-hybridized carbons (Fsp3) is 0.462. The molecule has 2 atom stereocenters. The van der Waals surface area contributed by atoms with E-state index < -0.39 is 4.08 Å². The van der Waals surface area contributed by atoms with Crippen molar-refractivity contribution in [2.24, 2.45) is 0 Å². The van der Waals surface area contributed by atoms with Crippen LogP contribution in [-0.2, 0) is 8.82 Å². The molecule has 1 aromatic heterocycles. The van der Waals surface area contributed by atoms with Crippen molar-refractivity contribution in [2.45, 2.75) is 34.6 Å². The number of nitrogens with zero attached hydrogens (tertiary/aromatic N) is 3. The molecular weight excluding hydrogens is 292 g/mol. The van der Waals surface area contributed by atoms with Crippen molar-refractivity contribution in [3.05, 3.63) is 35.9 Å². The second kappa shape index (κ2) is 6.15. The number of hydrogen-bond donors (Lipinski definition) is 2. The lowest BCUT2D eigenvalue weighted by molar-refractivity contribution is 0.00864. The molecule has 0 bridgehead atoms. The Labute approximate surface area is 127 Å². The highest BCUT2D eigenvalue weighted by Gasteiger charge is 2.41. The minimum absolute atomic E-state index is 0.0329. The van der Waals surface area contributed by atoms with Gasteiger partial charge in [0, 0.05) is 6.61 Å². The zero-order valence-corrected chi connectivity index (χ0v) is 12.6. The molecule has 0 saturated carbocycles. The van der Waals surface area contributed by atoms with E-state index in [4.69, 9.17) is 17.4 Å². The molecule has 0 amide bonds. The van der Waals surface area contributed by atoms with Crippen molar-refractivity contribution in [3.63, 3.8) is 0 Å². The van der Waals surface area contributed by atoms with Crippen LogP contribution in [0.1, 0.15) is 24.8 Å². The maximum atomic E-state index is 5.96. The van der Waals surface area contributed by atoms with Gasteiger partial charge in [0.05, 0.1) is 6.10 Å². The number of H-pyrrole nitrogens is 1. The lowest BCUT2D eigenvalue weighted by Gasteiger charge is -2.37. The standard InChI is InChI=1S/C13H16N4OS2/c19-13(10-6-2-1-3-7-10,11-8-4-5-9-18-11)20-12-14-16-17-15-12/h1-3,6-7,11,19H,4-5,8-9H2,(H,14,15,16,17). The molecule has 7 heteroatoms. The number of ether oxygens (including phenoxy) is 1. The largest absolute Gasteiger partial charge is 0.376 e. The van der Waals surface area contributed by atoms with Gasteiger partial charge in [0.15, 0.2) is 0 Å². The topological polar surface area (TPSA) is 63.7 Å². The highest BCUT2D eigenvalue weighted by molar-refractivity contribution is 8.10. The van der Waals surface area contributed by atoms with Gasteiger partial charge >= 0.3 is 0 Å². The molecule has 1 N–H and O–H groups in total. The number of thioether (sulfide) groups is 1. The summed E-state index contributed by atoms with van der Waals surface area (Å²) < 4.78 is 5.45. The van der Waals surface area contributed by atoms with Crippen LogP contribution in [0, 0.1) is 0 Å². The molecule has 1 aromatic carbocycles. The van der Waals surface area contributed by atoms with E-state index >= 15 is 0 Å². The molecule has 20 heavy (non-hydrogen) atoms. The van der Waals surface area contributed by atoms with Gasteiger partial charge in [-0.15, -0.1) is 10.2 Å². The molecule has 106 valence electrons. The van der Waals surface area contributed by atoms with E-state index in [2.05, 4.69) is 32.8 Å². The second-order valence-corrected chi connectivity index (χ2v) is 6.94. The van der Waals surface area contributed by atoms with Gasteiger partial charge < -0.3 is 4.74 Å². The molecule has 5 nitrogen and oxygen atoms in total. The summed E-state index contributed by atoms with van der Waals surface area (Å²) in [7, 11) is 0. The van der Waals surface area contributed by atoms with Gasteiger partial charge in [-0.05, 0) is 30.0 Å². The average Bonchev–Trinajstić information content (AvgIpc) is 3.02. The first kappa shape index (κ1) is 13.9. The van der Waals surface area contributed by atoms with Crippen LogP contribution < -0.4 is 0 Å². The van der Waals surface area contributed by atoms with Crippen LogP contribution in [0.15, 0.2) is 35.5 Å². The van der Waals surface area contributed by atoms with E-state index in [0.29, 0.717) is 5.16 Å². The van der Waals surface area contributed by atoms with Gasteiger partial charge in [0.1, 0.15) is 4.08 Å². The quantitative estimate of drug-likeness (QED) is 0.516. The Morgan fingerprint density at radius 2 is 2.15 bits per heavy atom. The van der Waals surface area contributed by atoms with E-state index in [1.807, 2.05) is 18.2 Å². The van der Waals surface area contributed by atoms with Crippen LogP contribution >= 0.6 is 24.4 Å². The second-order valence-electron chi connectivity index (χ2n) is 4.71. The lowest BCUT2D eigenvalue weighted by atomic mass is 10.00. The number of tetrazole rings is 1. The molecule has 1 saturated heterocycles. The zero-order valence-electron chi connectivity index (χ0n) is 10.9. The van der Waals surface area contributed by atoms with Crippen LogP contribution in [0.3, 0.4) is 0 Å². The van der Waals surface area contributed by atoms with Crippen molar-refractivity contribution in [1.29, 1.82) is 0 Å². The van der Waals surface area contributed by atoms with Gasteiger partial charge in [0.25, 0.3) is 0 Å². The van der Waals surface area contributed by atoms with E-state index in [9.17, 15) is 0 Å². The monoisotopic (exact) mass is 308 g/mol. The summed E-state index contributed by atoms with van der Waals surface area (Å²) in [6.45, 7) is 0.784. The van der Waals surface area contributed by atoms with E-state index in [1.54, 1.807) is 0 Å². The summed E-state index contributed by atoms with van der Waals surface area (Å²) >= 11 is 6.43. The summed E-state index contributed by atoms with van der Waals surface area (Å²) in [5.74, 6) is 0. The van der Waals surface area contributed by atoms with Crippen molar-refractivity contribution in [2.75, 3.05) is 6.61 Å². The van der Waals surface area contributed by atoms with Crippen LogP contribution in [0.5, 0.6) is 0 Å². The number of aromatic amines is 1. The van der Waals surface area contributed by atoms with Crippen LogP contribution in [0.2, 0.25) is 0 Å². The predicted octanol–water partition coefficient (Wildman–Crippen LogP) is 2.64. The Balaban J connectivity index is 1.93. The first-order valence-electron chi connectivity index (χ1n) is 6.61. The number of thiol groups is 1. The molecule has 0 radical (unpaired) electrons. The fourth-order valence-electron chi connectivity index (χ4n) is 2.37. The summed E-state index contributed by atoms with van der Waals surface area (Å²) in [6, 6.07) is 10.2. The van der Waals surface area contributed by atoms with E-state index in [-0.39, 0.29) is 6.10 Å². The van der Waals surface area contributed by atoms with Crippen molar-refractivity contribution in [3.8, 4) is 0 Å². The summed E-state index contributed by atoms with van der Waals surface area (Å²) in [6.07, 6.45) is 3.29. The van der Waals surface area contributed by atoms with Crippen LogP contribution in [0.25, 0.3) is 0 Å². The number of aromatic nitrogens is 4. The molecule has 0 spiro atoms. The number of hydrogen-bond acceptors (Lipinski definition) is 6. The maximum absolute atomic E-state index is 5.96. The highest BCUT2D eigenvalue weighted by Crippen LogP contribution is 2.49. The normalized spacial score (nSPS) is 22.4. The molecule has 2 heterocycles.